The third-order valence-corrected chi connectivity index (χ3v) is 9.02. The number of benzene rings is 4. The third kappa shape index (κ3) is 7.80. The molecule has 0 bridgehead atoms. The third-order valence-electron chi connectivity index (χ3n) is 6.93. The fraction of sp³-hybridized carbons (Fsp3) is 0.212. The summed E-state index contributed by atoms with van der Waals surface area (Å²) in [6.45, 7) is 2.95. The molecule has 0 saturated carbocycles. The Morgan fingerprint density at radius 2 is 1.51 bits per heavy atom. The average molecular weight is 622 g/mol. The minimum atomic E-state index is -4.29. The second-order valence-corrected chi connectivity index (χ2v) is 12.3. The van der Waals surface area contributed by atoms with Crippen molar-refractivity contribution >= 4 is 39.1 Å². The van der Waals surface area contributed by atoms with Crippen molar-refractivity contribution in [2.75, 3.05) is 17.4 Å². The number of para-hydroxylation sites is 1. The maximum Gasteiger partial charge on any atom is 0.264 e. The highest BCUT2D eigenvalue weighted by Gasteiger charge is 2.35. The van der Waals surface area contributed by atoms with Crippen molar-refractivity contribution in [3.63, 3.8) is 0 Å². The van der Waals surface area contributed by atoms with Crippen molar-refractivity contribution in [2.24, 2.45) is 0 Å². The Morgan fingerprint density at radius 3 is 2.16 bits per heavy atom. The van der Waals surface area contributed by atoms with E-state index >= 15 is 0 Å². The van der Waals surface area contributed by atoms with Crippen molar-refractivity contribution in [1.29, 1.82) is 0 Å². The topological polar surface area (TPSA) is 86.8 Å². The molecule has 0 spiro atoms. The van der Waals surface area contributed by atoms with Crippen LogP contribution in [0.1, 0.15) is 23.6 Å². The van der Waals surface area contributed by atoms with Crippen LogP contribution in [0.25, 0.3) is 0 Å². The molecule has 0 saturated heterocycles. The van der Waals surface area contributed by atoms with Gasteiger partial charge in [0.1, 0.15) is 18.4 Å². The number of hydrogen-bond acceptors (Lipinski definition) is 4. The molecule has 10 heteroatoms. The first-order valence-corrected chi connectivity index (χ1v) is 15.6. The maximum atomic E-state index is 14.9. The van der Waals surface area contributed by atoms with Gasteiger partial charge in [0.15, 0.2) is 0 Å². The summed E-state index contributed by atoms with van der Waals surface area (Å²) in [5.74, 6) is -1.70. The normalized spacial score (nSPS) is 11.9. The van der Waals surface area contributed by atoms with Gasteiger partial charge < -0.3 is 10.2 Å². The number of rotatable bonds is 12. The molecule has 1 N–H and O–H groups in total. The summed E-state index contributed by atoms with van der Waals surface area (Å²) in [5.41, 5.74) is 1.92. The molecular formula is C33H33ClFN3O4S. The minimum Gasteiger partial charge on any atom is -0.355 e. The first-order valence-electron chi connectivity index (χ1n) is 13.8. The van der Waals surface area contributed by atoms with Gasteiger partial charge in [-0.3, -0.25) is 13.9 Å². The second-order valence-electron chi connectivity index (χ2n) is 9.99. The van der Waals surface area contributed by atoms with E-state index in [1.165, 1.54) is 47.4 Å². The van der Waals surface area contributed by atoms with Crippen molar-refractivity contribution in [1.82, 2.24) is 10.2 Å². The number of hydrogen-bond donors (Lipinski definition) is 1. The molecular weight excluding hydrogens is 589 g/mol. The van der Waals surface area contributed by atoms with Crippen LogP contribution in [0.3, 0.4) is 0 Å². The summed E-state index contributed by atoms with van der Waals surface area (Å²) in [6.07, 6.45) is 0.129. The Balaban J connectivity index is 1.81. The van der Waals surface area contributed by atoms with E-state index in [2.05, 4.69) is 5.32 Å². The first kappa shape index (κ1) is 31.7. The fourth-order valence-corrected chi connectivity index (χ4v) is 6.38. The van der Waals surface area contributed by atoms with E-state index in [4.69, 9.17) is 11.6 Å². The Kier molecular flexibility index (Phi) is 10.6. The molecule has 0 aliphatic carbocycles. The van der Waals surface area contributed by atoms with Gasteiger partial charge in [-0.25, -0.2) is 12.8 Å². The molecule has 0 fully saturated rings. The lowest BCUT2D eigenvalue weighted by atomic mass is 10.0. The lowest BCUT2D eigenvalue weighted by Gasteiger charge is -2.34. The highest BCUT2D eigenvalue weighted by molar-refractivity contribution is 7.92. The predicted octanol–water partition coefficient (Wildman–Crippen LogP) is 5.76. The Bertz CT molecular complexity index is 1670. The summed E-state index contributed by atoms with van der Waals surface area (Å²) < 4.78 is 43.9. The fourth-order valence-electron chi connectivity index (χ4n) is 4.66. The molecule has 0 aliphatic heterocycles. The zero-order valence-electron chi connectivity index (χ0n) is 23.9. The van der Waals surface area contributed by atoms with Gasteiger partial charge in [0, 0.05) is 25.1 Å². The monoisotopic (exact) mass is 621 g/mol. The summed E-state index contributed by atoms with van der Waals surface area (Å²) in [7, 11) is -4.29. The van der Waals surface area contributed by atoms with E-state index in [0.717, 1.165) is 15.4 Å². The van der Waals surface area contributed by atoms with E-state index < -0.39 is 40.2 Å². The van der Waals surface area contributed by atoms with Crippen molar-refractivity contribution in [2.45, 2.75) is 37.8 Å². The molecule has 0 aliphatic rings. The van der Waals surface area contributed by atoms with Crippen LogP contribution in [0, 0.1) is 12.7 Å². The van der Waals surface area contributed by atoms with Crippen molar-refractivity contribution < 1.29 is 22.4 Å². The van der Waals surface area contributed by atoms with Crippen molar-refractivity contribution in [3.8, 4) is 0 Å². The van der Waals surface area contributed by atoms with Gasteiger partial charge in [-0.15, -0.1) is 0 Å². The number of nitrogens with zero attached hydrogens (tertiary/aromatic N) is 2. The molecule has 7 nitrogen and oxygen atoms in total. The van der Waals surface area contributed by atoms with Gasteiger partial charge in [0.25, 0.3) is 10.0 Å². The number of nitrogens with one attached hydrogen (secondary N) is 1. The molecule has 1 atom stereocenters. The largest absolute Gasteiger partial charge is 0.355 e. The quantitative estimate of drug-likeness (QED) is 0.218. The molecule has 0 heterocycles. The number of anilines is 1. The number of amides is 2. The molecule has 4 rings (SSSR count). The summed E-state index contributed by atoms with van der Waals surface area (Å²) in [6, 6.07) is 26.6. The highest BCUT2D eigenvalue weighted by atomic mass is 35.5. The lowest BCUT2D eigenvalue weighted by molar-refractivity contribution is -0.140. The predicted molar refractivity (Wildman–Crippen MR) is 167 cm³/mol. The van der Waals surface area contributed by atoms with Crippen LogP contribution >= 0.6 is 11.6 Å². The molecule has 4 aromatic carbocycles. The van der Waals surface area contributed by atoms with Gasteiger partial charge >= 0.3 is 0 Å². The second kappa shape index (κ2) is 14.3. The SMILES string of the molecule is CCNC(=O)[C@H](Cc1ccccc1)N(Cc1ccccc1F)C(=O)CN(c1ccccc1Cl)S(=O)(=O)c1ccc(C)cc1. The van der Waals surface area contributed by atoms with Crippen molar-refractivity contribution in [3.05, 3.63) is 131 Å². The Morgan fingerprint density at radius 1 is 0.884 bits per heavy atom. The number of sulfonamides is 1. The number of carbonyl (C=O) groups excluding carboxylic acids is 2. The van der Waals surface area contributed by atoms with Gasteiger partial charge in [-0.05, 0) is 49.7 Å². The molecule has 0 unspecified atom stereocenters. The van der Waals surface area contributed by atoms with Crippen LogP contribution in [0.4, 0.5) is 10.1 Å². The van der Waals surface area contributed by atoms with Gasteiger partial charge in [-0.2, -0.15) is 0 Å². The lowest BCUT2D eigenvalue weighted by Crippen LogP contribution is -2.53. The summed E-state index contributed by atoms with van der Waals surface area (Å²) in [4.78, 5) is 29.0. The van der Waals surface area contributed by atoms with E-state index in [0.29, 0.717) is 6.54 Å². The van der Waals surface area contributed by atoms with E-state index in [1.807, 2.05) is 37.3 Å². The van der Waals surface area contributed by atoms with Crippen LogP contribution in [0.2, 0.25) is 5.02 Å². The molecule has 224 valence electrons. The molecule has 43 heavy (non-hydrogen) atoms. The Hall–Kier alpha value is -4.21. The van der Waals surface area contributed by atoms with Crippen LogP contribution < -0.4 is 9.62 Å². The average Bonchev–Trinajstić information content (AvgIpc) is 2.99. The molecule has 0 radical (unpaired) electrons. The van der Waals surface area contributed by atoms with Gasteiger partial charge in [0.05, 0.1) is 15.6 Å². The Labute approximate surface area is 257 Å². The number of halogens is 2. The van der Waals surface area contributed by atoms with Gasteiger partial charge in [0.2, 0.25) is 11.8 Å². The molecule has 2 amide bonds. The van der Waals surface area contributed by atoms with E-state index in [1.54, 1.807) is 37.3 Å². The zero-order chi connectivity index (χ0) is 31.0. The number of likely N-dealkylation sites (N-methyl/N-ethyl adjacent to an activating group) is 1. The molecule has 0 aromatic heterocycles. The minimum absolute atomic E-state index is 0.0314. The number of carbonyl (C=O) groups is 2. The first-order chi connectivity index (χ1) is 20.6. The van der Waals surface area contributed by atoms with E-state index in [-0.39, 0.29) is 34.1 Å². The van der Waals surface area contributed by atoms with E-state index in [9.17, 15) is 22.4 Å². The van der Waals surface area contributed by atoms with Crippen LogP contribution in [0.5, 0.6) is 0 Å². The summed E-state index contributed by atoms with van der Waals surface area (Å²) >= 11 is 6.47. The standard InChI is InChI=1S/C33H33ClFN3O4S/c1-3-36-33(40)31(21-25-11-5-4-6-12-25)37(22-26-13-7-9-15-29(26)35)32(39)23-38(30-16-10-8-14-28(30)34)43(41,42)27-19-17-24(2)18-20-27/h4-20,31H,3,21-23H2,1-2H3,(H,36,40)/t31-/m0/s1. The number of aryl methyl sites for hydroxylation is 1. The molecule has 4 aromatic rings. The zero-order valence-corrected chi connectivity index (χ0v) is 25.5. The smallest absolute Gasteiger partial charge is 0.264 e. The van der Waals surface area contributed by atoms with Crippen LogP contribution in [0.15, 0.2) is 108 Å². The summed E-state index contributed by atoms with van der Waals surface area (Å²) in [5, 5.41) is 2.90. The van der Waals surface area contributed by atoms with Crippen LogP contribution in [-0.4, -0.2) is 44.3 Å². The van der Waals surface area contributed by atoms with Gasteiger partial charge in [-0.1, -0.05) is 90.0 Å². The van der Waals surface area contributed by atoms with Crippen LogP contribution in [-0.2, 0) is 32.6 Å². The highest BCUT2D eigenvalue weighted by Crippen LogP contribution is 2.31. The maximum absolute atomic E-state index is 14.9.